The Kier molecular flexibility index (Phi) is 3.42. The molecule has 2 aromatic carbocycles. The largest absolute Gasteiger partial charge is 0.463 e. The van der Waals surface area contributed by atoms with E-state index in [1.54, 1.807) is 18.4 Å². The summed E-state index contributed by atoms with van der Waals surface area (Å²) >= 11 is 0. The summed E-state index contributed by atoms with van der Waals surface area (Å²) in [4.78, 5) is 4.76. The van der Waals surface area contributed by atoms with Gasteiger partial charge in [-0.15, -0.1) is 0 Å². The lowest BCUT2D eigenvalue weighted by molar-refractivity contribution is 0.554. The van der Waals surface area contributed by atoms with E-state index in [9.17, 15) is 4.39 Å². The molecular formula is C19H15FN2O. The highest BCUT2D eigenvalue weighted by atomic mass is 19.1. The molecule has 114 valence electrons. The highest BCUT2D eigenvalue weighted by Gasteiger charge is 2.22. The fourth-order valence-electron chi connectivity index (χ4n) is 2.81. The number of rotatable bonds is 2. The van der Waals surface area contributed by atoms with Crippen molar-refractivity contribution in [1.82, 2.24) is 0 Å². The van der Waals surface area contributed by atoms with Crippen molar-refractivity contribution in [3.63, 3.8) is 0 Å². The van der Waals surface area contributed by atoms with Crippen LogP contribution in [-0.2, 0) is 0 Å². The van der Waals surface area contributed by atoms with Gasteiger partial charge in [0, 0.05) is 6.42 Å². The van der Waals surface area contributed by atoms with Gasteiger partial charge in [-0.3, -0.25) is 0 Å². The van der Waals surface area contributed by atoms with Crippen LogP contribution in [0.25, 0.3) is 0 Å². The molecule has 4 rings (SSSR count). The van der Waals surface area contributed by atoms with Crippen molar-refractivity contribution in [3.05, 3.63) is 84.1 Å². The second-order valence-corrected chi connectivity index (χ2v) is 5.51. The lowest BCUT2D eigenvalue weighted by atomic mass is 10.00. The summed E-state index contributed by atoms with van der Waals surface area (Å²) in [6.45, 7) is 0. The van der Waals surface area contributed by atoms with E-state index in [1.165, 1.54) is 12.1 Å². The van der Waals surface area contributed by atoms with Crippen LogP contribution < -0.4 is 5.32 Å². The number of halogens is 1. The molecule has 0 saturated carbocycles. The van der Waals surface area contributed by atoms with Crippen LogP contribution in [0, 0.1) is 5.82 Å². The van der Waals surface area contributed by atoms with Crippen molar-refractivity contribution in [1.29, 1.82) is 0 Å². The number of para-hydroxylation sites is 2. The molecule has 1 atom stereocenters. The van der Waals surface area contributed by atoms with Gasteiger partial charge in [-0.1, -0.05) is 24.3 Å². The van der Waals surface area contributed by atoms with Gasteiger partial charge in [0.05, 0.1) is 29.4 Å². The number of hydrogen-bond donors (Lipinski definition) is 1. The van der Waals surface area contributed by atoms with Gasteiger partial charge < -0.3 is 9.73 Å². The van der Waals surface area contributed by atoms with E-state index in [0.717, 1.165) is 28.4 Å². The SMILES string of the molecule is Fc1ccc(C2CC(c3ccco3)=Nc3ccccc3N2)cc1. The van der Waals surface area contributed by atoms with Crippen LogP contribution in [0.1, 0.15) is 23.8 Å². The first kappa shape index (κ1) is 13.8. The van der Waals surface area contributed by atoms with Crippen molar-refractivity contribution in [2.24, 2.45) is 4.99 Å². The molecule has 3 nitrogen and oxygen atoms in total. The van der Waals surface area contributed by atoms with Gasteiger partial charge >= 0.3 is 0 Å². The molecule has 1 unspecified atom stereocenters. The number of furan rings is 1. The first-order chi connectivity index (χ1) is 11.3. The highest BCUT2D eigenvalue weighted by molar-refractivity contribution is 6.02. The summed E-state index contributed by atoms with van der Waals surface area (Å²) in [6, 6.07) is 18.3. The third-order valence-corrected chi connectivity index (χ3v) is 3.96. The first-order valence-electron chi connectivity index (χ1n) is 7.52. The Morgan fingerprint density at radius 2 is 1.83 bits per heavy atom. The molecule has 0 spiro atoms. The molecule has 0 radical (unpaired) electrons. The number of nitrogens with one attached hydrogen (secondary N) is 1. The maximum absolute atomic E-state index is 13.2. The summed E-state index contributed by atoms with van der Waals surface area (Å²) in [7, 11) is 0. The fourth-order valence-corrected chi connectivity index (χ4v) is 2.81. The van der Waals surface area contributed by atoms with Gasteiger partial charge in [-0.05, 0) is 42.0 Å². The molecule has 1 N–H and O–H groups in total. The summed E-state index contributed by atoms with van der Waals surface area (Å²) in [5.41, 5.74) is 3.73. The Morgan fingerprint density at radius 1 is 1.00 bits per heavy atom. The second-order valence-electron chi connectivity index (χ2n) is 5.51. The summed E-state index contributed by atoms with van der Waals surface area (Å²) < 4.78 is 18.7. The lowest BCUT2D eigenvalue weighted by Gasteiger charge is -2.18. The maximum atomic E-state index is 13.2. The molecule has 0 aliphatic carbocycles. The second kappa shape index (κ2) is 5.72. The number of anilines is 1. The van der Waals surface area contributed by atoms with Gasteiger partial charge in [-0.25, -0.2) is 9.38 Å². The number of aliphatic imine (C=N–C) groups is 1. The minimum atomic E-state index is -0.234. The topological polar surface area (TPSA) is 37.5 Å². The average molecular weight is 306 g/mol. The van der Waals surface area contributed by atoms with E-state index in [4.69, 9.17) is 9.41 Å². The van der Waals surface area contributed by atoms with Crippen LogP contribution in [0.15, 0.2) is 76.3 Å². The number of fused-ring (bicyclic) bond motifs is 1. The highest BCUT2D eigenvalue weighted by Crippen LogP contribution is 2.35. The van der Waals surface area contributed by atoms with Crippen LogP contribution >= 0.6 is 0 Å². The molecule has 1 aliphatic heterocycles. The van der Waals surface area contributed by atoms with Gasteiger partial charge in [0.15, 0.2) is 0 Å². The quantitative estimate of drug-likeness (QED) is 0.715. The molecule has 1 aromatic heterocycles. The van der Waals surface area contributed by atoms with E-state index in [-0.39, 0.29) is 11.9 Å². The monoisotopic (exact) mass is 306 g/mol. The van der Waals surface area contributed by atoms with Gasteiger partial charge in [0.25, 0.3) is 0 Å². The molecule has 2 heterocycles. The number of hydrogen-bond acceptors (Lipinski definition) is 3. The molecule has 3 aromatic rings. The third kappa shape index (κ3) is 2.75. The normalized spacial score (nSPS) is 16.9. The molecule has 0 bridgehead atoms. The van der Waals surface area contributed by atoms with E-state index < -0.39 is 0 Å². The van der Waals surface area contributed by atoms with Crippen molar-refractivity contribution >= 4 is 17.1 Å². The van der Waals surface area contributed by atoms with Gasteiger partial charge in [0.2, 0.25) is 0 Å². The predicted octanol–water partition coefficient (Wildman–Crippen LogP) is 5.10. The molecule has 0 amide bonds. The van der Waals surface area contributed by atoms with Crippen molar-refractivity contribution in [3.8, 4) is 0 Å². The van der Waals surface area contributed by atoms with Crippen LogP contribution in [0.5, 0.6) is 0 Å². The van der Waals surface area contributed by atoms with Crippen LogP contribution in [0.4, 0.5) is 15.8 Å². The Bertz CT molecular complexity index is 838. The molecule has 0 saturated heterocycles. The Hall–Kier alpha value is -2.88. The average Bonchev–Trinajstić information content (AvgIpc) is 3.03. The minimum absolute atomic E-state index is 0.00287. The fraction of sp³-hybridized carbons (Fsp3) is 0.105. The van der Waals surface area contributed by atoms with E-state index in [2.05, 4.69) is 5.32 Å². The lowest BCUT2D eigenvalue weighted by Crippen LogP contribution is -2.14. The Morgan fingerprint density at radius 3 is 2.61 bits per heavy atom. The molecular weight excluding hydrogens is 291 g/mol. The van der Waals surface area contributed by atoms with Gasteiger partial charge in [0.1, 0.15) is 11.6 Å². The summed E-state index contributed by atoms with van der Waals surface area (Å²) in [5, 5.41) is 3.51. The summed E-state index contributed by atoms with van der Waals surface area (Å²) in [5.74, 6) is 0.526. The summed E-state index contributed by atoms with van der Waals surface area (Å²) in [6.07, 6.45) is 2.31. The van der Waals surface area contributed by atoms with E-state index in [0.29, 0.717) is 6.42 Å². The third-order valence-electron chi connectivity index (χ3n) is 3.96. The Balaban J connectivity index is 1.78. The number of benzene rings is 2. The van der Waals surface area contributed by atoms with Crippen LogP contribution in [-0.4, -0.2) is 5.71 Å². The van der Waals surface area contributed by atoms with Crippen molar-refractivity contribution in [2.75, 3.05) is 5.32 Å². The van der Waals surface area contributed by atoms with Crippen LogP contribution in [0.3, 0.4) is 0 Å². The van der Waals surface area contributed by atoms with E-state index >= 15 is 0 Å². The van der Waals surface area contributed by atoms with Crippen molar-refractivity contribution in [2.45, 2.75) is 12.5 Å². The Labute approximate surface area is 133 Å². The van der Waals surface area contributed by atoms with Gasteiger partial charge in [-0.2, -0.15) is 0 Å². The standard InChI is InChI=1S/C19H15FN2O/c20-14-9-7-13(8-10-14)17-12-18(19-6-3-11-23-19)22-16-5-2-1-4-15(16)21-17/h1-11,17,21H,12H2. The van der Waals surface area contributed by atoms with E-state index in [1.807, 2.05) is 36.4 Å². The first-order valence-corrected chi connectivity index (χ1v) is 7.52. The van der Waals surface area contributed by atoms with Crippen molar-refractivity contribution < 1.29 is 8.81 Å². The zero-order valence-electron chi connectivity index (χ0n) is 12.4. The molecule has 23 heavy (non-hydrogen) atoms. The molecule has 0 fully saturated rings. The predicted molar refractivity (Wildman–Crippen MR) is 88.7 cm³/mol. The maximum Gasteiger partial charge on any atom is 0.148 e. The molecule has 1 aliphatic rings. The number of nitrogens with zero attached hydrogens (tertiary/aromatic N) is 1. The minimum Gasteiger partial charge on any atom is -0.463 e. The zero-order valence-corrected chi connectivity index (χ0v) is 12.4. The molecule has 4 heteroatoms. The van der Waals surface area contributed by atoms with Crippen LogP contribution in [0.2, 0.25) is 0 Å². The smallest absolute Gasteiger partial charge is 0.148 e. The zero-order chi connectivity index (χ0) is 15.6.